The predicted octanol–water partition coefficient (Wildman–Crippen LogP) is 3.91. The maximum Gasteiger partial charge on any atom is 0.336 e. The van der Waals surface area contributed by atoms with Gasteiger partial charge in [0.1, 0.15) is 0 Å². The Bertz CT molecular complexity index is 865. The Morgan fingerprint density at radius 2 is 1.88 bits per heavy atom. The molecular weight excluding hydrogens is 332 g/mol. The lowest BCUT2D eigenvalue weighted by molar-refractivity contribution is -0.118. The first-order valence-corrected chi connectivity index (χ1v) is 8.53. The Morgan fingerprint density at radius 1 is 1.15 bits per heavy atom. The van der Waals surface area contributed by atoms with Crippen molar-refractivity contribution in [1.82, 2.24) is 14.8 Å². The molecule has 0 saturated heterocycles. The zero-order valence-electron chi connectivity index (χ0n) is 15.3. The lowest BCUT2D eigenvalue weighted by Crippen LogP contribution is -2.17. The average molecular weight is 354 g/mol. The molecule has 1 amide bonds. The molecule has 2 heterocycles. The highest BCUT2D eigenvalue weighted by Crippen LogP contribution is 2.25. The van der Waals surface area contributed by atoms with Crippen molar-refractivity contribution in [3.63, 3.8) is 0 Å². The third-order valence-corrected chi connectivity index (χ3v) is 3.57. The van der Waals surface area contributed by atoms with E-state index in [4.69, 9.17) is 9.15 Å². The zero-order chi connectivity index (χ0) is 18.7. The van der Waals surface area contributed by atoms with Crippen LogP contribution in [0.25, 0.3) is 17.3 Å². The van der Waals surface area contributed by atoms with Crippen LogP contribution in [0.15, 0.2) is 47.1 Å². The molecular formula is C19H22N4O3. The second-order valence-corrected chi connectivity index (χ2v) is 6.46. The zero-order valence-corrected chi connectivity index (χ0v) is 15.3. The SMILES string of the molecule is CC(C)Oc1nc(-c2ccco2)n(-c2ccc(NC(=O)C(C)C)cc2)n1. The van der Waals surface area contributed by atoms with Crippen molar-refractivity contribution < 1.29 is 13.9 Å². The summed E-state index contributed by atoms with van der Waals surface area (Å²) in [6, 6.07) is 11.3. The van der Waals surface area contributed by atoms with Gasteiger partial charge < -0.3 is 14.5 Å². The summed E-state index contributed by atoms with van der Waals surface area (Å²) in [5.74, 6) is 1.03. The first-order valence-electron chi connectivity index (χ1n) is 8.53. The van der Waals surface area contributed by atoms with Crippen LogP contribution in [-0.4, -0.2) is 26.8 Å². The number of carbonyl (C=O) groups is 1. The van der Waals surface area contributed by atoms with Gasteiger partial charge in [-0.25, -0.2) is 4.68 Å². The number of carbonyl (C=O) groups excluding carboxylic acids is 1. The van der Waals surface area contributed by atoms with E-state index >= 15 is 0 Å². The van der Waals surface area contributed by atoms with Crippen molar-refractivity contribution >= 4 is 11.6 Å². The van der Waals surface area contributed by atoms with Gasteiger partial charge in [-0.3, -0.25) is 4.79 Å². The van der Waals surface area contributed by atoms with Gasteiger partial charge in [-0.2, -0.15) is 4.98 Å². The first kappa shape index (κ1) is 17.7. The molecule has 2 aromatic heterocycles. The number of anilines is 1. The highest BCUT2D eigenvalue weighted by Gasteiger charge is 2.17. The number of nitrogens with zero attached hydrogens (tertiary/aromatic N) is 3. The lowest BCUT2D eigenvalue weighted by Gasteiger charge is -2.09. The van der Waals surface area contributed by atoms with E-state index in [0.717, 1.165) is 11.4 Å². The van der Waals surface area contributed by atoms with Gasteiger partial charge in [0.05, 0.1) is 18.1 Å². The first-order chi connectivity index (χ1) is 12.4. The Morgan fingerprint density at radius 3 is 2.46 bits per heavy atom. The maximum atomic E-state index is 11.8. The van der Waals surface area contributed by atoms with E-state index in [0.29, 0.717) is 11.6 Å². The number of amides is 1. The third kappa shape index (κ3) is 3.93. The van der Waals surface area contributed by atoms with E-state index in [-0.39, 0.29) is 23.9 Å². The summed E-state index contributed by atoms with van der Waals surface area (Å²) in [5, 5.41) is 7.30. The number of ether oxygens (including phenoxy) is 1. The molecule has 0 aliphatic rings. The summed E-state index contributed by atoms with van der Waals surface area (Å²) in [4.78, 5) is 16.2. The molecule has 0 saturated carbocycles. The molecule has 7 nitrogen and oxygen atoms in total. The molecule has 7 heteroatoms. The Balaban J connectivity index is 1.92. The molecule has 0 aliphatic carbocycles. The minimum Gasteiger partial charge on any atom is -0.461 e. The van der Waals surface area contributed by atoms with Crippen LogP contribution in [0.2, 0.25) is 0 Å². The van der Waals surface area contributed by atoms with Crippen molar-refractivity contribution in [2.45, 2.75) is 33.8 Å². The fourth-order valence-electron chi connectivity index (χ4n) is 2.27. The summed E-state index contributed by atoms with van der Waals surface area (Å²) in [6.45, 7) is 7.54. The summed E-state index contributed by atoms with van der Waals surface area (Å²) in [7, 11) is 0. The fraction of sp³-hybridized carbons (Fsp3) is 0.316. The molecule has 0 fully saturated rings. The maximum absolute atomic E-state index is 11.8. The highest BCUT2D eigenvalue weighted by atomic mass is 16.5. The van der Waals surface area contributed by atoms with Crippen LogP contribution < -0.4 is 10.1 Å². The van der Waals surface area contributed by atoms with Crippen LogP contribution in [0.4, 0.5) is 5.69 Å². The van der Waals surface area contributed by atoms with Crippen LogP contribution in [0.3, 0.4) is 0 Å². The fourth-order valence-corrected chi connectivity index (χ4v) is 2.27. The number of hydrogen-bond acceptors (Lipinski definition) is 5. The largest absolute Gasteiger partial charge is 0.461 e. The van der Waals surface area contributed by atoms with Crippen molar-refractivity contribution in [3.05, 3.63) is 42.7 Å². The van der Waals surface area contributed by atoms with Crippen molar-refractivity contribution in [3.8, 4) is 23.3 Å². The van der Waals surface area contributed by atoms with Gasteiger partial charge in [0.25, 0.3) is 0 Å². The Labute approximate surface area is 152 Å². The number of nitrogens with one attached hydrogen (secondary N) is 1. The van der Waals surface area contributed by atoms with Crippen LogP contribution >= 0.6 is 0 Å². The van der Waals surface area contributed by atoms with Gasteiger partial charge in [0, 0.05) is 11.6 Å². The molecule has 0 spiro atoms. The summed E-state index contributed by atoms with van der Waals surface area (Å²) in [6.07, 6.45) is 1.55. The number of aromatic nitrogens is 3. The van der Waals surface area contributed by atoms with Crippen molar-refractivity contribution in [2.75, 3.05) is 5.32 Å². The molecule has 26 heavy (non-hydrogen) atoms. The van der Waals surface area contributed by atoms with E-state index < -0.39 is 0 Å². The summed E-state index contributed by atoms with van der Waals surface area (Å²) < 4.78 is 12.7. The monoisotopic (exact) mass is 354 g/mol. The van der Waals surface area contributed by atoms with E-state index in [2.05, 4.69) is 15.4 Å². The quantitative estimate of drug-likeness (QED) is 0.726. The average Bonchev–Trinajstić information content (AvgIpc) is 3.24. The smallest absolute Gasteiger partial charge is 0.336 e. The Hall–Kier alpha value is -3.09. The standard InChI is InChI=1S/C19H22N4O3/c1-12(2)18(24)20-14-7-9-15(10-8-14)23-17(16-6-5-11-25-16)21-19(22-23)26-13(3)4/h5-13H,1-4H3,(H,20,24). The molecule has 0 bridgehead atoms. The Kier molecular flexibility index (Phi) is 5.06. The molecule has 1 N–H and O–H groups in total. The van der Waals surface area contributed by atoms with Crippen LogP contribution in [0, 0.1) is 5.92 Å². The van der Waals surface area contributed by atoms with Gasteiger partial charge in [-0.15, -0.1) is 5.10 Å². The molecule has 0 atom stereocenters. The molecule has 1 aromatic carbocycles. The number of benzene rings is 1. The van der Waals surface area contributed by atoms with Gasteiger partial charge in [-0.05, 0) is 50.2 Å². The predicted molar refractivity (Wildman–Crippen MR) is 98.3 cm³/mol. The van der Waals surface area contributed by atoms with Crippen LogP contribution in [0.1, 0.15) is 27.7 Å². The molecule has 0 unspecified atom stereocenters. The topological polar surface area (TPSA) is 82.2 Å². The van der Waals surface area contributed by atoms with Crippen LogP contribution in [0.5, 0.6) is 6.01 Å². The van der Waals surface area contributed by atoms with Gasteiger partial charge in [0.15, 0.2) is 5.76 Å². The van der Waals surface area contributed by atoms with E-state index in [1.165, 1.54) is 0 Å². The molecule has 3 rings (SSSR count). The highest BCUT2D eigenvalue weighted by molar-refractivity contribution is 5.92. The van der Waals surface area contributed by atoms with Crippen LogP contribution in [-0.2, 0) is 4.79 Å². The van der Waals surface area contributed by atoms with Gasteiger partial charge >= 0.3 is 6.01 Å². The van der Waals surface area contributed by atoms with E-state index in [1.54, 1.807) is 17.0 Å². The molecule has 0 aliphatic heterocycles. The van der Waals surface area contributed by atoms with Gasteiger partial charge in [0.2, 0.25) is 11.7 Å². The van der Waals surface area contributed by atoms with Gasteiger partial charge in [-0.1, -0.05) is 13.8 Å². The second-order valence-electron chi connectivity index (χ2n) is 6.46. The van der Waals surface area contributed by atoms with Crippen molar-refractivity contribution in [1.29, 1.82) is 0 Å². The van der Waals surface area contributed by atoms with E-state index in [1.807, 2.05) is 58.0 Å². The number of rotatable bonds is 6. The summed E-state index contributed by atoms with van der Waals surface area (Å²) >= 11 is 0. The minimum atomic E-state index is -0.0775. The molecule has 136 valence electrons. The third-order valence-electron chi connectivity index (χ3n) is 3.57. The van der Waals surface area contributed by atoms with E-state index in [9.17, 15) is 4.79 Å². The normalized spacial score (nSPS) is 11.2. The van der Waals surface area contributed by atoms with Crippen molar-refractivity contribution in [2.24, 2.45) is 5.92 Å². The molecule has 0 radical (unpaired) electrons. The number of hydrogen-bond donors (Lipinski definition) is 1. The lowest BCUT2D eigenvalue weighted by atomic mass is 10.2. The number of furan rings is 1. The minimum absolute atomic E-state index is 0.0256. The molecule has 3 aromatic rings. The second kappa shape index (κ2) is 7.43. The summed E-state index contributed by atoms with van der Waals surface area (Å²) in [5.41, 5.74) is 1.51.